The van der Waals surface area contributed by atoms with E-state index in [0.717, 1.165) is 87.1 Å². The van der Waals surface area contributed by atoms with Gasteiger partial charge in [-0.05, 0) is 86.6 Å². The Hall–Kier alpha value is -4.32. The minimum Gasteiger partial charge on any atom is -0.370 e. The molecule has 12 heteroatoms. The maximum absolute atomic E-state index is 13.3. The number of hydrogen-bond acceptors (Lipinski definition) is 8. The molecule has 2 N–H and O–H groups in total. The van der Waals surface area contributed by atoms with Crippen LogP contribution < -0.4 is 10.6 Å². The number of halogens is 1. The number of fused-ring (bicyclic) bond motifs is 4. The molecule has 0 fully saturated rings. The Labute approximate surface area is 308 Å². The summed E-state index contributed by atoms with van der Waals surface area (Å²) in [6.07, 6.45) is 5.75. The third-order valence-corrected chi connectivity index (χ3v) is 10.7. The number of anilines is 1. The Kier molecular flexibility index (Phi) is 10.9. The van der Waals surface area contributed by atoms with Gasteiger partial charge in [-0.1, -0.05) is 41.9 Å². The number of nitrogens with one attached hydrogen (secondary N) is 2. The quantitative estimate of drug-likeness (QED) is 0.137. The first-order valence-electron chi connectivity index (χ1n) is 16.7. The van der Waals surface area contributed by atoms with Crippen LogP contribution in [0.15, 0.2) is 65.8 Å². The summed E-state index contributed by atoms with van der Waals surface area (Å²) in [5, 5.41) is 17.2. The summed E-state index contributed by atoms with van der Waals surface area (Å²) in [6.45, 7) is 7.52. The summed E-state index contributed by atoms with van der Waals surface area (Å²) in [5.74, 6) is 2.49. The number of benzene rings is 2. The number of pyridine rings is 1. The van der Waals surface area contributed by atoms with Crippen LogP contribution in [-0.2, 0) is 22.4 Å². The molecular formula is C38H40ClN7O2S2. The van der Waals surface area contributed by atoms with E-state index in [1.54, 1.807) is 17.5 Å². The second-order valence-electron chi connectivity index (χ2n) is 12.7. The zero-order valence-electron chi connectivity index (χ0n) is 28.3. The molecule has 5 aromatic rings. The Bertz CT molecular complexity index is 2090. The Morgan fingerprint density at radius 1 is 0.960 bits per heavy atom. The molecule has 2 aromatic carbocycles. The van der Waals surface area contributed by atoms with Gasteiger partial charge in [0.2, 0.25) is 5.91 Å². The number of Topliss-reactive ketones (excluding diaryl/α,β-unsaturated/α-hetero) is 1. The van der Waals surface area contributed by atoms with Crippen LogP contribution in [0.5, 0.6) is 0 Å². The minimum absolute atomic E-state index is 0. The molecule has 258 valence electrons. The number of amides is 1. The molecule has 0 saturated carbocycles. The Morgan fingerprint density at radius 2 is 1.72 bits per heavy atom. The highest BCUT2D eigenvalue weighted by Crippen LogP contribution is 2.39. The van der Waals surface area contributed by atoms with Crippen molar-refractivity contribution in [1.82, 2.24) is 25.1 Å². The van der Waals surface area contributed by atoms with Gasteiger partial charge >= 0.3 is 0 Å². The molecule has 1 aliphatic heterocycles. The Morgan fingerprint density at radius 3 is 2.54 bits per heavy atom. The molecule has 4 heterocycles. The molecule has 1 atom stereocenters. The van der Waals surface area contributed by atoms with Gasteiger partial charge in [0.25, 0.3) is 0 Å². The summed E-state index contributed by atoms with van der Waals surface area (Å²) in [4.78, 5) is 36.2. The van der Waals surface area contributed by atoms with Crippen molar-refractivity contribution in [3.05, 3.63) is 110 Å². The molecule has 0 spiro atoms. The lowest BCUT2D eigenvalue weighted by atomic mass is 9.99. The largest absolute Gasteiger partial charge is 0.370 e. The van der Waals surface area contributed by atoms with E-state index in [1.165, 1.54) is 4.88 Å². The molecule has 9 nitrogen and oxygen atoms in total. The molecule has 50 heavy (non-hydrogen) atoms. The van der Waals surface area contributed by atoms with Gasteiger partial charge in [-0.15, -0.1) is 21.5 Å². The lowest BCUT2D eigenvalue weighted by Crippen LogP contribution is -2.26. The third-order valence-electron chi connectivity index (χ3n) is 9.30. The molecule has 0 radical (unpaired) electrons. The Balaban J connectivity index is 0.00000432. The maximum atomic E-state index is 13.3. The summed E-state index contributed by atoms with van der Waals surface area (Å²) in [5.41, 5.74) is 8.34. The first-order valence-corrected chi connectivity index (χ1v) is 17.9. The standard InChI is InChI=1S/C38H38ClN7O2S.H2S/c1-22-23(2)49-38-34(22)35(25-11-13-29(39)14-12-25)43-32(37-45-44-24(3)46(37)38)21-33(48)40-15-5-4-6-16-41-36-31(8-7-17-42-36)27-10-9-26-19-30(47)20-28(26)18-27;/h7-14,17-18,32H,4-6,15-16,19-21H2,1-3H3,(H,40,48)(H,41,42);1H2/t32-;/m0./s1. The summed E-state index contributed by atoms with van der Waals surface area (Å²) < 4.78 is 2.07. The number of aliphatic imine (C=N–C) groups is 1. The van der Waals surface area contributed by atoms with Crippen LogP contribution in [-0.4, -0.2) is 50.2 Å². The summed E-state index contributed by atoms with van der Waals surface area (Å²) >= 11 is 7.92. The molecule has 2 aliphatic rings. The van der Waals surface area contributed by atoms with Gasteiger partial charge in [0.1, 0.15) is 28.5 Å². The van der Waals surface area contributed by atoms with E-state index in [0.29, 0.717) is 30.2 Å². The number of aromatic nitrogens is 4. The number of nitrogens with zero attached hydrogens (tertiary/aromatic N) is 5. The number of rotatable bonds is 11. The van der Waals surface area contributed by atoms with E-state index in [9.17, 15) is 9.59 Å². The highest BCUT2D eigenvalue weighted by molar-refractivity contribution is 7.59. The highest BCUT2D eigenvalue weighted by Gasteiger charge is 2.32. The van der Waals surface area contributed by atoms with Crippen LogP contribution in [0, 0.1) is 20.8 Å². The van der Waals surface area contributed by atoms with Gasteiger partial charge in [-0.3, -0.25) is 19.1 Å². The monoisotopic (exact) mass is 725 g/mol. The third kappa shape index (κ3) is 7.26. The van der Waals surface area contributed by atoms with Crippen molar-refractivity contribution >= 4 is 59.7 Å². The van der Waals surface area contributed by atoms with E-state index in [4.69, 9.17) is 16.6 Å². The van der Waals surface area contributed by atoms with E-state index in [2.05, 4.69) is 68.5 Å². The van der Waals surface area contributed by atoms with Crippen molar-refractivity contribution in [1.29, 1.82) is 0 Å². The second-order valence-corrected chi connectivity index (χ2v) is 14.4. The van der Waals surface area contributed by atoms with Crippen molar-refractivity contribution in [2.75, 3.05) is 18.4 Å². The first-order chi connectivity index (χ1) is 23.8. The van der Waals surface area contributed by atoms with Crippen LogP contribution in [0.3, 0.4) is 0 Å². The van der Waals surface area contributed by atoms with Crippen LogP contribution in [0.4, 0.5) is 5.82 Å². The molecule has 0 saturated heterocycles. The fourth-order valence-corrected chi connectivity index (χ4v) is 7.98. The van der Waals surface area contributed by atoms with Gasteiger partial charge in [-0.25, -0.2) is 4.98 Å². The smallest absolute Gasteiger partial charge is 0.222 e. The van der Waals surface area contributed by atoms with Crippen LogP contribution in [0.1, 0.15) is 76.1 Å². The predicted octanol–water partition coefficient (Wildman–Crippen LogP) is 7.43. The second kappa shape index (κ2) is 15.3. The molecule has 1 amide bonds. The molecule has 7 rings (SSSR count). The number of thiophene rings is 1. The van der Waals surface area contributed by atoms with Gasteiger partial charge in [0, 0.05) is 58.7 Å². The average molecular weight is 726 g/mol. The average Bonchev–Trinajstić information content (AvgIpc) is 3.73. The van der Waals surface area contributed by atoms with Gasteiger partial charge < -0.3 is 10.6 Å². The van der Waals surface area contributed by atoms with Gasteiger partial charge in [-0.2, -0.15) is 13.5 Å². The van der Waals surface area contributed by atoms with Crippen molar-refractivity contribution in [2.24, 2.45) is 4.99 Å². The van der Waals surface area contributed by atoms with Crippen LogP contribution in [0.2, 0.25) is 5.02 Å². The lowest BCUT2D eigenvalue weighted by molar-refractivity contribution is -0.121. The molecule has 3 aromatic heterocycles. The molecule has 0 bridgehead atoms. The topological polar surface area (TPSA) is 114 Å². The zero-order chi connectivity index (χ0) is 34.1. The van der Waals surface area contributed by atoms with E-state index in [1.807, 2.05) is 37.3 Å². The van der Waals surface area contributed by atoms with E-state index >= 15 is 0 Å². The number of carbonyl (C=O) groups is 2. The van der Waals surface area contributed by atoms with E-state index < -0.39 is 6.04 Å². The minimum atomic E-state index is -0.492. The van der Waals surface area contributed by atoms with Crippen molar-refractivity contribution in [3.8, 4) is 16.1 Å². The predicted molar refractivity (Wildman–Crippen MR) is 206 cm³/mol. The number of ketones is 1. The van der Waals surface area contributed by atoms with Crippen molar-refractivity contribution in [2.45, 2.75) is 65.3 Å². The SMILES string of the molecule is Cc1sc2c(c1C)C(c1ccc(Cl)cc1)=N[C@@H](CC(=O)NCCCCCNc1ncccc1-c1ccc3c(c1)CC(=O)C3)c1nnc(C)n1-2.S. The fourth-order valence-electron chi connectivity index (χ4n) is 6.64. The van der Waals surface area contributed by atoms with Crippen LogP contribution >= 0.6 is 36.4 Å². The maximum Gasteiger partial charge on any atom is 0.222 e. The molecule has 0 unspecified atom stereocenters. The first kappa shape index (κ1) is 35.5. The summed E-state index contributed by atoms with van der Waals surface area (Å²) in [7, 11) is 0. The molecular weight excluding hydrogens is 686 g/mol. The highest BCUT2D eigenvalue weighted by atomic mass is 35.5. The van der Waals surface area contributed by atoms with Gasteiger partial charge in [0.05, 0.1) is 12.1 Å². The van der Waals surface area contributed by atoms with Crippen molar-refractivity contribution < 1.29 is 9.59 Å². The number of aryl methyl sites for hydroxylation is 2. The summed E-state index contributed by atoms with van der Waals surface area (Å²) in [6, 6.07) is 17.5. The molecule has 1 aliphatic carbocycles. The zero-order valence-corrected chi connectivity index (χ0v) is 30.9. The van der Waals surface area contributed by atoms with E-state index in [-0.39, 0.29) is 31.6 Å². The van der Waals surface area contributed by atoms with Gasteiger partial charge in [0.15, 0.2) is 5.82 Å². The number of unbranched alkanes of at least 4 members (excludes halogenated alkanes) is 2. The number of carbonyl (C=O) groups excluding carboxylic acids is 2. The fraction of sp³-hybridized carbons (Fsp3) is 0.316. The van der Waals surface area contributed by atoms with Crippen molar-refractivity contribution in [3.63, 3.8) is 0 Å². The normalized spacial score (nSPS) is 14.6. The number of hydrogen-bond donors (Lipinski definition) is 2. The lowest BCUT2D eigenvalue weighted by Gasteiger charge is -2.13. The van der Waals surface area contributed by atoms with Crippen LogP contribution in [0.25, 0.3) is 16.1 Å².